The largest absolute Gasteiger partial charge is 0.251 e. The van der Waals surface area contributed by atoms with Crippen LogP contribution in [0.25, 0.3) is 0 Å². The van der Waals surface area contributed by atoms with E-state index in [4.69, 9.17) is 5.14 Å². The molecular weight excluding hydrogens is 130 g/mol. The van der Waals surface area contributed by atoms with Crippen molar-refractivity contribution in [2.24, 2.45) is 5.14 Å². The van der Waals surface area contributed by atoms with Crippen LogP contribution in [0.2, 0.25) is 0 Å². The van der Waals surface area contributed by atoms with Crippen LogP contribution in [-0.4, -0.2) is 8.29 Å². The van der Waals surface area contributed by atoms with E-state index < -0.39 is 15.1 Å². The minimum atomic E-state index is -1.32. The third-order valence-corrected chi connectivity index (χ3v) is 2.02. The van der Waals surface area contributed by atoms with Crippen molar-refractivity contribution in [1.29, 1.82) is 0 Å². The average molecular weight is 139 g/mol. The molecule has 0 fully saturated rings. The lowest BCUT2D eigenvalue weighted by Crippen LogP contribution is -2.24. The molecule has 0 aromatic heterocycles. The summed E-state index contributed by atoms with van der Waals surface area (Å²) in [6.07, 6.45) is 0. The van der Waals surface area contributed by atoms with E-state index >= 15 is 0 Å². The van der Waals surface area contributed by atoms with E-state index in [0.29, 0.717) is 0 Å². The van der Waals surface area contributed by atoms with E-state index in [2.05, 4.69) is 12.6 Å². The quantitative estimate of drug-likeness (QED) is 0.503. The first-order valence-corrected chi connectivity index (χ1v) is 3.49. The van der Waals surface area contributed by atoms with E-state index in [-0.39, 0.29) is 0 Å². The Morgan fingerprint density at radius 2 is 1.86 bits per heavy atom. The molecule has 0 aliphatic rings. The summed E-state index contributed by atoms with van der Waals surface area (Å²) >= 11 is 3.92. The standard InChI is InChI=1S/C3H9NOS2/c1-3(2,6)7(4)5/h6H,4H2,1-2H3. The summed E-state index contributed by atoms with van der Waals surface area (Å²) in [6, 6.07) is 0. The fourth-order valence-electron chi connectivity index (χ4n) is 0. The summed E-state index contributed by atoms with van der Waals surface area (Å²) in [5, 5.41) is 4.97. The summed E-state index contributed by atoms with van der Waals surface area (Å²) in [5.74, 6) is 0. The van der Waals surface area contributed by atoms with Gasteiger partial charge in [0.25, 0.3) is 0 Å². The Morgan fingerprint density at radius 1 is 1.71 bits per heavy atom. The Balaban J connectivity index is 3.79. The zero-order valence-electron chi connectivity index (χ0n) is 4.34. The molecule has 7 heavy (non-hydrogen) atoms. The Bertz CT molecular complexity index is 85.4. The fourth-order valence-corrected chi connectivity index (χ4v) is 0. The van der Waals surface area contributed by atoms with Crippen molar-refractivity contribution < 1.29 is 4.21 Å². The number of thiol groups is 1. The normalized spacial score (nSPS) is 16.6. The van der Waals surface area contributed by atoms with Crippen molar-refractivity contribution in [3.05, 3.63) is 0 Å². The van der Waals surface area contributed by atoms with Gasteiger partial charge >= 0.3 is 0 Å². The number of hydrogen-bond acceptors (Lipinski definition) is 2. The van der Waals surface area contributed by atoms with Crippen molar-refractivity contribution in [2.45, 2.75) is 17.9 Å². The molecule has 0 spiro atoms. The van der Waals surface area contributed by atoms with Crippen LogP contribution < -0.4 is 5.14 Å². The predicted molar refractivity (Wildman–Crippen MR) is 35.4 cm³/mol. The molecule has 0 heterocycles. The lowest BCUT2D eigenvalue weighted by molar-refractivity contribution is 0.674. The molecule has 0 rings (SSSR count). The van der Waals surface area contributed by atoms with Gasteiger partial charge in [0.2, 0.25) is 0 Å². The Morgan fingerprint density at radius 3 is 1.86 bits per heavy atom. The first-order chi connectivity index (χ1) is 2.94. The van der Waals surface area contributed by atoms with Crippen LogP contribution in [0.1, 0.15) is 13.8 Å². The molecule has 4 heteroatoms. The van der Waals surface area contributed by atoms with Gasteiger partial charge in [-0.25, -0.2) is 4.21 Å². The molecule has 1 unspecified atom stereocenters. The zero-order chi connectivity index (χ0) is 6.08. The van der Waals surface area contributed by atoms with Crippen molar-refractivity contribution in [3.63, 3.8) is 0 Å². The van der Waals surface area contributed by atoms with E-state index in [1.807, 2.05) is 0 Å². The van der Waals surface area contributed by atoms with Crippen molar-refractivity contribution in [3.8, 4) is 0 Å². The highest BCUT2D eigenvalue weighted by atomic mass is 32.2. The molecule has 0 bridgehead atoms. The van der Waals surface area contributed by atoms with E-state index in [1.54, 1.807) is 13.8 Å². The van der Waals surface area contributed by atoms with Gasteiger partial charge in [-0.05, 0) is 13.8 Å². The monoisotopic (exact) mass is 139 g/mol. The van der Waals surface area contributed by atoms with Crippen molar-refractivity contribution >= 4 is 23.6 Å². The minimum absolute atomic E-state index is 0.556. The third kappa shape index (κ3) is 3.08. The lowest BCUT2D eigenvalue weighted by Gasteiger charge is -2.10. The molecule has 2 N–H and O–H groups in total. The topological polar surface area (TPSA) is 43.1 Å². The van der Waals surface area contributed by atoms with Crippen LogP contribution >= 0.6 is 12.6 Å². The van der Waals surface area contributed by atoms with Gasteiger partial charge < -0.3 is 0 Å². The maximum atomic E-state index is 10.3. The second kappa shape index (κ2) is 2.15. The molecule has 0 aliphatic carbocycles. The molecule has 2 nitrogen and oxygen atoms in total. The minimum Gasteiger partial charge on any atom is -0.251 e. The zero-order valence-corrected chi connectivity index (χ0v) is 6.05. The molecule has 0 saturated heterocycles. The molecule has 1 atom stereocenters. The second-order valence-corrected chi connectivity index (χ2v) is 4.78. The summed E-state index contributed by atoms with van der Waals surface area (Å²) < 4.78 is 9.72. The van der Waals surface area contributed by atoms with Crippen LogP contribution in [0.5, 0.6) is 0 Å². The maximum absolute atomic E-state index is 10.3. The summed E-state index contributed by atoms with van der Waals surface area (Å²) in [7, 11) is -1.32. The summed E-state index contributed by atoms with van der Waals surface area (Å²) in [6.45, 7) is 3.40. The fraction of sp³-hybridized carbons (Fsp3) is 1.00. The second-order valence-electron chi connectivity index (χ2n) is 1.74. The third-order valence-electron chi connectivity index (χ3n) is 0.492. The number of rotatable bonds is 1. The van der Waals surface area contributed by atoms with Crippen molar-refractivity contribution in [2.75, 3.05) is 0 Å². The van der Waals surface area contributed by atoms with E-state index in [1.165, 1.54) is 0 Å². The Kier molecular flexibility index (Phi) is 2.29. The first kappa shape index (κ1) is 7.46. The molecule has 0 saturated carbocycles. The van der Waals surface area contributed by atoms with Crippen molar-refractivity contribution in [1.82, 2.24) is 0 Å². The highest BCUT2D eigenvalue weighted by molar-refractivity contribution is 8.01. The van der Waals surface area contributed by atoms with Crippen LogP contribution in [0.15, 0.2) is 0 Å². The molecule has 0 radical (unpaired) electrons. The van der Waals surface area contributed by atoms with Crippen LogP contribution in [-0.2, 0) is 11.0 Å². The summed E-state index contributed by atoms with van der Waals surface area (Å²) in [5.41, 5.74) is 0. The highest BCUT2D eigenvalue weighted by Crippen LogP contribution is 2.12. The molecule has 0 aliphatic heterocycles. The SMILES string of the molecule is CC(C)(S)S(N)=O. The molecule has 0 aromatic rings. The molecule has 0 amide bonds. The van der Waals surface area contributed by atoms with Crippen LogP contribution in [0.4, 0.5) is 0 Å². The van der Waals surface area contributed by atoms with Gasteiger partial charge in [0.1, 0.15) is 11.0 Å². The van der Waals surface area contributed by atoms with Gasteiger partial charge in [-0.2, -0.15) is 12.6 Å². The number of hydrogen-bond donors (Lipinski definition) is 2. The Hall–Kier alpha value is 0.460. The first-order valence-electron chi connectivity index (χ1n) is 1.83. The van der Waals surface area contributed by atoms with E-state index in [9.17, 15) is 4.21 Å². The average Bonchev–Trinajstić information content (AvgIpc) is 1.31. The van der Waals surface area contributed by atoms with Gasteiger partial charge in [-0.3, -0.25) is 5.14 Å². The lowest BCUT2D eigenvalue weighted by atomic mass is 10.5. The predicted octanol–water partition coefficient (Wildman–Crippen LogP) is 0.275. The molecule has 0 aromatic carbocycles. The number of nitrogens with two attached hydrogens (primary N) is 1. The maximum Gasteiger partial charge on any atom is 0.104 e. The molecule has 44 valence electrons. The smallest absolute Gasteiger partial charge is 0.104 e. The Labute approximate surface area is 51.5 Å². The van der Waals surface area contributed by atoms with Crippen LogP contribution in [0, 0.1) is 0 Å². The van der Waals surface area contributed by atoms with Crippen LogP contribution in [0.3, 0.4) is 0 Å². The van der Waals surface area contributed by atoms with E-state index in [0.717, 1.165) is 0 Å². The summed E-state index contributed by atoms with van der Waals surface area (Å²) in [4.78, 5) is 0. The van der Waals surface area contributed by atoms with Gasteiger partial charge in [0, 0.05) is 0 Å². The molecular formula is C3H9NOS2. The van der Waals surface area contributed by atoms with Gasteiger partial charge in [0.05, 0.1) is 4.08 Å². The van der Waals surface area contributed by atoms with Gasteiger partial charge in [-0.1, -0.05) is 0 Å². The van der Waals surface area contributed by atoms with Gasteiger partial charge in [-0.15, -0.1) is 0 Å². The highest BCUT2D eigenvalue weighted by Gasteiger charge is 2.15. The van der Waals surface area contributed by atoms with Gasteiger partial charge in [0.15, 0.2) is 0 Å².